The summed E-state index contributed by atoms with van der Waals surface area (Å²) in [4.78, 5) is 10.2. The van der Waals surface area contributed by atoms with Crippen molar-refractivity contribution in [3.63, 3.8) is 0 Å². The highest BCUT2D eigenvalue weighted by Crippen LogP contribution is 2.20. The quantitative estimate of drug-likeness (QED) is 0.632. The van der Waals surface area contributed by atoms with Crippen LogP contribution in [0.4, 0.5) is 10.1 Å². The maximum atomic E-state index is 13.4. The second-order valence-corrected chi connectivity index (χ2v) is 4.86. The number of sulfonamides is 1. The van der Waals surface area contributed by atoms with Crippen LogP contribution in [0.2, 0.25) is 0 Å². The molecular weight excluding hydrogens is 249 g/mol. The number of halogens is 1. The predicted octanol–water partition coefficient (Wildman–Crippen LogP) is -0.568. The highest BCUT2D eigenvalue weighted by atomic mass is 32.2. The zero-order valence-electron chi connectivity index (χ0n) is 9.03. The number of amides is 1. The van der Waals surface area contributed by atoms with Crippen molar-refractivity contribution in [1.82, 2.24) is 10.0 Å². The van der Waals surface area contributed by atoms with E-state index >= 15 is 0 Å². The SMILES string of the molecule is CNC(=O)CNS(=O)(=O)c1c(N)cccc1F. The number of anilines is 1. The van der Waals surface area contributed by atoms with E-state index < -0.39 is 33.2 Å². The molecule has 0 aliphatic heterocycles. The molecule has 0 aromatic heterocycles. The number of nitrogens with two attached hydrogens (primary N) is 1. The Morgan fingerprint density at radius 3 is 2.65 bits per heavy atom. The van der Waals surface area contributed by atoms with Crippen LogP contribution in [0.1, 0.15) is 0 Å². The topological polar surface area (TPSA) is 101 Å². The Kier molecular flexibility index (Phi) is 4.02. The van der Waals surface area contributed by atoms with Gasteiger partial charge < -0.3 is 11.1 Å². The molecule has 8 heteroatoms. The molecule has 0 aliphatic rings. The number of nitrogens with one attached hydrogen (secondary N) is 2. The van der Waals surface area contributed by atoms with Crippen molar-refractivity contribution >= 4 is 21.6 Å². The molecule has 0 bridgehead atoms. The average molecular weight is 261 g/mol. The standard InChI is InChI=1S/C9H12FN3O3S/c1-12-8(14)5-13-17(15,16)9-6(10)3-2-4-7(9)11/h2-4,13H,5,11H2,1H3,(H,12,14). The molecule has 1 amide bonds. The fourth-order valence-corrected chi connectivity index (χ4v) is 2.30. The number of carbonyl (C=O) groups excluding carboxylic acids is 1. The van der Waals surface area contributed by atoms with Gasteiger partial charge >= 0.3 is 0 Å². The summed E-state index contributed by atoms with van der Waals surface area (Å²) in [5.74, 6) is -1.50. The average Bonchev–Trinajstić information content (AvgIpc) is 2.25. The second-order valence-electron chi connectivity index (χ2n) is 3.16. The van der Waals surface area contributed by atoms with Gasteiger partial charge in [-0.25, -0.2) is 17.5 Å². The van der Waals surface area contributed by atoms with Gasteiger partial charge in [-0.15, -0.1) is 0 Å². The van der Waals surface area contributed by atoms with Gasteiger partial charge in [-0.1, -0.05) is 6.07 Å². The van der Waals surface area contributed by atoms with Crippen molar-refractivity contribution in [2.75, 3.05) is 19.3 Å². The van der Waals surface area contributed by atoms with Crippen molar-refractivity contribution in [2.24, 2.45) is 0 Å². The third kappa shape index (κ3) is 3.14. The molecule has 0 saturated heterocycles. The maximum Gasteiger partial charge on any atom is 0.246 e. The summed E-state index contributed by atoms with van der Waals surface area (Å²) in [5, 5.41) is 2.23. The zero-order chi connectivity index (χ0) is 13.1. The lowest BCUT2D eigenvalue weighted by Gasteiger charge is -2.09. The van der Waals surface area contributed by atoms with Crippen LogP contribution < -0.4 is 15.8 Å². The molecule has 0 aliphatic carbocycles. The summed E-state index contributed by atoms with van der Waals surface area (Å²) in [6.45, 7) is -0.480. The molecular formula is C9H12FN3O3S. The molecule has 6 nitrogen and oxygen atoms in total. The highest BCUT2D eigenvalue weighted by Gasteiger charge is 2.22. The molecule has 1 rings (SSSR count). The van der Waals surface area contributed by atoms with Crippen LogP contribution in [0.5, 0.6) is 0 Å². The van der Waals surface area contributed by atoms with Gasteiger partial charge in [-0.2, -0.15) is 0 Å². The third-order valence-corrected chi connectivity index (χ3v) is 3.46. The number of hydrogen-bond acceptors (Lipinski definition) is 4. The monoisotopic (exact) mass is 261 g/mol. The first kappa shape index (κ1) is 13.4. The van der Waals surface area contributed by atoms with Gasteiger partial charge in [0.05, 0.1) is 12.2 Å². The number of carbonyl (C=O) groups is 1. The van der Waals surface area contributed by atoms with Gasteiger partial charge in [0.25, 0.3) is 0 Å². The van der Waals surface area contributed by atoms with E-state index in [9.17, 15) is 17.6 Å². The number of likely N-dealkylation sites (N-methyl/N-ethyl adjacent to an activating group) is 1. The smallest absolute Gasteiger partial charge is 0.246 e. The summed E-state index contributed by atoms with van der Waals surface area (Å²) in [5.41, 5.74) is 5.17. The van der Waals surface area contributed by atoms with E-state index in [2.05, 4.69) is 5.32 Å². The van der Waals surface area contributed by atoms with Crippen LogP contribution in [0.15, 0.2) is 23.1 Å². The van der Waals surface area contributed by atoms with E-state index in [0.717, 1.165) is 6.07 Å². The van der Waals surface area contributed by atoms with E-state index in [4.69, 9.17) is 5.73 Å². The molecule has 0 heterocycles. The van der Waals surface area contributed by atoms with E-state index in [1.54, 1.807) is 0 Å². The van der Waals surface area contributed by atoms with Gasteiger partial charge in [0.15, 0.2) is 0 Å². The molecule has 0 unspecified atom stereocenters. The number of hydrogen-bond donors (Lipinski definition) is 3. The number of benzene rings is 1. The molecule has 0 fully saturated rings. The summed E-state index contributed by atoms with van der Waals surface area (Å²) in [6.07, 6.45) is 0. The van der Waals surface area contributed by atoms with Gasteiger partial charge in [-0.05, 0) is 12.1 Å². The minimum Gasteiger partial charge on any atom is -0.398 e. The van der Waals surface area contributed by atoms with Crippen molar-refractivity contribution in [3.8, 4) is 0 Å². The molecule has 4 N–H and O–H groups in total. The third-order valence-electron chi connectivity index (χ3n) is 1.97. The Morgan fingerprint density at radius 2 is 2.12 bits per heavy atom. The minimum atomic E-state index is -4.14. The molecule has 94 valence electrons. The molecule has 0 atom stereocenters. The molecule has 1 aromatic carbocycles. The zero-order valence-corrected chi connectivity index (χ0v) is 9.84. The molecule has 0 saturated carbocycles. The van der Waals surface area contributed by atoms with E-state index in [0.29, 0.717) is 0 Å². The highest BCUT2D eigenvalue weighted by molar-refractivity contribution is 7.89. The van der Waals surface area contributed by atoms with Gasteiger partial charge in [0.2, 0.25) is 15.9 Å². The van der Waals surface area contributed by atoms with Crippen LogP contribution >= 0.6 is 0 Å². The maximum absolute atomic E-state index is 13.4. The number of rotatable bonds is 4. The lowest BCUT2D eigenvalue weighted by Crippen LogP contribution is -2.35. The van der Waals surface area contributed by atoms with Crippen molar-refractivity contribution in [1.29, 1.82) is 0 Å². The summed E-state index contributed by atoms with van der Waals surface area (Å²) in [7, 11) is -2.78. The van der Waals surface area contributed by atoms with Crippen molar-refractivity contribution < 1.29 is 17.6 Å². The first-order valence-corrected chi connectivity index (χ1v) is 6.11. The Balaban J connectivity index is 3.02. The largest absolute Gasteiger partial charge is 0.398 e. The van der Waals surface area contributed by atoms with Crippen molar-refractivity contribution in [3.05, 3.63) is 24.0 Å². The molecule has 17 heavy (non-hydrogen) atoms. The Hall–Kier alpha value is -1.67. The first-order chi connectivity index (χ1) is 7.88. The summed E-state index contributed by atoms with van der Waals surface area (Å²) < 4.78 is 38.7. The Bertz CT molecular complexity index is 510. The first-order valence-electron chi connectivity index (χ1n) is 4.62. The molecule has 0 spiro atoms. The van der Waals surface area contributed by atoms with E-state index in [1.165, 1.54) is 19.2 Å². The summed E-state index contributed by atoms with van der Waals surface area (Å²) >= 11 is 0. The van der Waals surface area contributed by atoms with Gasteiger partial charge in [0.1, 0.15) is 10.7 Å². The van der Waals surface area contributed by atoms with Crippen molar-refractivity contribution in [2.45, 2.75) is 4.90 Å². The molecule has 1 aromatic rings. The van der Waals surface area contributed by atoms with Crippen LogP contribution in [-0.2, 0) is 14.8 Å². The van der Waals surface area contributed by atoms with Crippen LogP contribution in [0.3, 0.4) is 0 Å². The Labute approximate surface area is 98.1 Å². The van der Waals surface area contributed by atoms with Crippen LogP contribution in [-0.4, -0.2) is 27.9 Å². The fourth-order valence-electron chi connectivity index (χ4n) is 1.13. The predicted molar refractivity (Wildman–Crippen MR) is 60.1 cm³/mol. The van der Waals surface area contributed by atoms with Crippen LogP contribution in [0, 0.1) is 5.82 Å². The Morgan fingerprint density at radius 1 is 1.47 bits per heavy atom. The number of nitrogen functional groups attached to an aromatic ring is 1. The minimum absolute atomic E-state index is 0.214. The second kappa shape index (κ2) is 5.11. The lowest BCUT2D eigenvalue weighted by atomic mass is 10.3. The van der Waals surface area contributed by atoms with E-state index in [-0.39, 0.29) is 5.69 Å². The molecule has 0 radical (unpaired) electrons. The normalized spacial score (nSPS) is 11.2. The van der Waals surface area contributed by atoms with E-state index in [1.807, 2.05) is 4.72 Å². The van der Waals surface area contributed by atoms with Gasteiger partial charge in [-0.3, -0.25) is 4.79 Å². The fraction of sp³-hybridized carbons (Fsp3) is 0.222. The summed E-state index contributed by atoms with van der Waals surface area (Å²) in [6, 6.07) is 3.53. The lowest BCUT2D eigenvalue weighted by molar-refractivity contribution is -0.119. The van der Waals surface area contributed by atoms with Crippen LogP contribution in [0.25, 0.3) is 0 Å². The van der Waals surface area contributed by atoms with Gasteiger partial charge in [0, 0.05) is 7.05 Å².